The van der Waals surface area contributed by atoms with Crippen LogP contribution in [0.5, 0.6) is 5.75 Å². The lowest BCUT2D eigenvalue weighted by Crippen LogP contribution is -2.31. The summed E-state index contributed by atoms with van der Waals surface area (Å²) in [4.78, 5) is 0. The predicted octanol–water partition coefficient (Wildman–Crippen LogP) is 1.05. The van der Waals surface area contributed by atoms with Gasteiger partial charge >= 0.3 is 0 Å². The van der Waals surface area contributed by atoms with E-state index in [1.807, 2.05) is 6.92 Å². The third-order valence-corrected chi connectivity index (χ3v) is 2.15. The maximum Gasteiger partial charge on any atom is 0.144 e. The van der Waals surface area contributed by atoms with Crippen LogP contribution in [0.15, 0.2) is 18.2 Å². The fraction of sp³-hybridized carbons (Fsp3) is 0.417. The van der Waals surface area contributed by atoms with E-state index in [0.717, 1.165) is 6.54 Å². The quantitative estimate of drug-likeness (QED) is 0.777. The van der Waals surface area contributed by atoms with Gasteiger partial charge in [0, 0.05) is 6.54 Å². The van der Waals surface area contributed by atoms with Crippen LogP contribution in [0, 0.1) is 17.1 Å². The zero-order valence-electron chi connectivity index (χ0n) is 9.61. The summed E-state index contributed by atoms with van der Waals surface area (Å²) in [6.45, 7) is 3.09. The first-order chi connectivity index (χ1) is 8.19. The first-order valence-electron chi connectivity index (χ1n) is 5.39. The Morgan fingerprint density at radius 3 is 3.00 bits per heavy atom. The zero-order valence-corrected chi connectivity index (χ0v) is 9.61. The average Bonchev–Trinajstić information content (AvgIpc) is 2.33. The second-order valence-corrected chi connectivity index (χ2v) is 3.50. The Bertz CT molecular complexity index is 404. The molecule has 2 N–H and O–H groups in total. The fourth-order valence-electron chi connectivity index (χ4n) is 1.29. The van der Waals surface area contributed by atoms with E-state index in [0.29, 0.717) is 6.54 Å². The van der Waals surface area contributed by atoms with E-state index < -0.39 is 11.9 Å². The topological polar surface area (TPSA) is 65.3 Å². The first kappa shape index (κ1) is 13.4. The Morgan fingerprint density at radius 1 is 1.59 bits per heavy atom. The van der Waals surface area contributed by atoms with Gasteiger partial charge in [-0.3, -0.25) is 0 Å². The number of nitriles is 1. The molecule has 0 amide bonds. The number of halogens is 1. The Morgan fingerprint density at radius 2 is 2.35 bits per heavy atom. The van der Waals surface area contributed by atoms with Crippen LogP contribution < -0.4 is 10.1 Å². The van der Waals surface area contributed by atoms with E-state index in [4.69, 9.17) is 10.00 Å². The molecule has 1 unspecified atom stereocenters. The summed E-state index contributed by atoms with van der Waals surface area (Å²) in [7, 11) is 0. The molecule has 0 fully saturated rings. The molecular weight excluding hydrogens is 223 g/mol. The van der Waals surface area contributed by atoms with Crippen molar-refractivity contribution in [3.8, 4) is 11.8 Å². The van der Waals surface area contributed by atoms with E-state index in [1.165, 1.54) is 18.2 Å². The van der Waals surface area contributed by atoms with Crippen molar-refractivity contribution in [3.63, 3.8) is 0 Å². The molecule has 0 bridgehead atoms. The number of likely N-dealkylation sites (N-methyl/N-ethyl adjacent to an activating group) is 1. The standard InChI is InChI=1S/C12H15FN2O2/c1-2-15-7-9(16)8-17-12-5-3-4-11(13)10(12)6-14/h3-5,9,15-16H,2,7-8H2,1H3. The Balaban J connectivity index is 2.58. The molecule has 0 radical (unpaired) electrons. The van der Waals surface area contributed by atoms with Gasteiger partial charge in [-0.25, -0.2) is 4.39 Å². The molecular formula is C12H15FN2O2. The lowest BCUT2D eigenvalue weighted by Gasteiger charge is -2.13. The second kappa shape index (κ2) is 6.84. The Hall–Kier alpha value is -1.64. The summed E-state index contributed by atoms with van der Waals surface area (Å²) in [6.07, 6.45) is -0.690. The number of aliphatic hydroxyl groups is 1. The van der Waals surface area contributed by atoms with Crippen LogP contribution in [0.4, 0.5) is 4.39 Å². The second-order valence-electron chi connectivity index (χ2n) is 3.50. The van der Waals surface area contributed by atoms with Gasteiger partial charge in [0.2, 0.25) is 0 Å². The molecule has 1 atom stereocenters. The minimum Gasteiger partial charge on any atom is -0.489 e. The molecule has 0 saturated heterocycles. The summed E-state index contributed by atoms with van der Waals surface area (Å²) in [5.74, 6) is -0.464. The third-order valence-electron chi connectivity index (χ3n) is 2.15. The third kappa shape index (κ3) is 4.02. The van der Waals surface area contributed by atoms with Crippen molar-refractivity contribution < 1.29 is 14.2 Å². The molecule has 0 spiro atoms. The van der Waals surface area contributed by atoms with Gasteiger partial charge in [-0.2, -0.15) is 5.26 Å². The molecule has 92 valence electrons. The minimum atomic E-state index is -0.690. The van der Waals surface area contributed by atoms with Crippen molar-refractivity contribution in [2.45, 2.75) is 13.0 Å². The van der Waals surface area contributed by atoms with Gasteiger partial charge in [0.1, 0.15) is 35.9 Å². The van der Waals surface area contributed by atoms with Gasteiger partial charge in [-0.15, -0.1) is 0 Å². The van der Waals surface area contributed by atoms with E-state index in [9.17, 15) is 9.50 Å². The molecule has 1 aromatic carbocycles. The molecule has 0 aliphatic carbocycles. The summed E-state index contributed by atoms with van der Waals surface area (Å²) in [5, 5.41) is 21.2. The van der Waals surface area contributed by atoms with Gasteiger partial charge in [0.25, 0.3) is 0 Å². The number of rotatable bonds is 6. The van der Waals surface area contributed by atoms with E-state index in [-0.39, 0.29) is 17.9 Å². The zero-order chi connectivity index (χ0) is 12.7. The predicted molar refractivity (Wildman–Crippen MR) is 61.2 cm³/mol. The highest BCUT2D eigenvalue weighted by molar-refractivity contribution is 5.43. The van der Waals surface area contributed by atoms with E-state index >= 15 is 0 Å². The van der Waals surface area contributed by atoms with Crippen molar-refractivity contribution in [2.24, 2.45) is 0 Å². The van der Waals surface area contributed by atoms with E-state index in [2.05, 4.69) is 5.32 Å². The largest absolute Gasteiger partial charge is 0.489 e. The summed E-state index contributed by atoms with van der Waals surface area (Å²) in [6, 6.07) is 5.89. The van der Waals surface area contributed by atoms with Gasteiger partial charge in [0.15, 0.2) is 0 Å². The lowest BCUT2D eigenvalue weighted by atomic mass is 10.2. The number of benzene rings is 1. The molecule has 0 saturated carbocycles. The van der Waals surface area contributed by atoms with Gasteiger partial charge in [-0.05, 0) is 18.7 Å². The van der Waals surface area contributed by atoms with Gasteiger partial charge in [-0.1, -0.05) is 13.0 Å². The van der Waals surface area contributed by atoms with Crippen LogP contribution in [-0.2, 0) is 0 Å². The molecule has 1 rings (SSSR count). The summed E-state index contributed by atoms with van der Waals surface area (Å²) >= 11 is 0. The van der Waals surface area contributed by atoms with Crippen molar-refractivity contribution in [2.75, 3.05) is 19.7 Å². The lowest BCUT2D eigenvalue weighted by molar-refractivity contribution is 0.106. The monoisotopic (exact) mass is 238 g/mol. The first-order valence-corrected chi connectivity index (χ1v) is 5.39. The van der Waals surface area contributed by atoms with Crippen LogP contribution >= 0.6 is 0 Å². The van der Waals surface area contributed by atoms with Crippen molar-refractivity contribution in [1.29, 1.82) is 5.26 Å². The highest BCUT2D eigenvalue weighted by atomic mass is 19.1. The number of aliphatic hydroxyl groups excluding tert-OH is 1. The van der Waals surface area contributed by atoms with Crippen LogP contribution in [0.25, 0.3) is 0 Å². The van der Waals surface area contributed by atoms with Crippen molar-refractivity contribution >= 4 is 0 Å². The number of nitrogens with zero attached hydrogens (tertiary/aromatic N) is 1. The number of hydrogen-bond acceptors (Lipinski definition) is 4. The Labute approximate surface area is 99.6 Å². The molecule has 0 heterocycles. The molecule has 0 aliphatic rings. The number of ether oxygens (including phenoxy) is 1. The average molecular weight is 238 g/mol. The molecule has 5 heteroatoms. The van der Waals surface area contributed by atoms with Crippen molar-refractivity contribution in [1.82, 2.24) is 5.32 Å². The summed E-state index contributed by atoms with van der Waals surface area (Å²) in [5.41, 5.74) is -0.136. The number of hydrogen-bond donors (Lipinski definition) is 2. The molecule has 0 aromatic heterocycles. The fourth-order valence-corrected chi connectivity index (χ4v) is 1.29. The van der Waals surface area contributed by atoms with E-state index in [1.54, 1.807) is 6.07 Å². The minimum absolute atomic E-state index is 0.0190. The van der Waals surface area contributed by atoms with Crippen LogP contribution in [-0.4, -0.2) is 30.9 Å². The smallest absolute Gasteiger partial charge is 0.144 e. The van der Waals surface area contributed by atoms with Crippen LogP contribution in [0.3, 0.4) is 0 Å². The van der Waals surface area contributed by atoms with Crippen LogP contribution in [0.1, 0.15) is 12.5 Å². The molecule has 4 nitrogen and oxygen atoms in total. The molecule has 17 heavy (non-hydrogen) atoms. The maximum atomic E-state index is 13.2. The highest BCUT2D eigenvalue weighted by Gasteiger charge is 2.10. The van der Waals surface area contributed by atoms with Gasteiger partial charge in [0.05, 0.1) is 0 Å². The highest BCUT2D eigenvalue weighted by Crippen LogP contribution is 2.20. The SMILES string of the molecule is CCNCC(O)COc1cccc(F)c1C#N. The van der Waals surface area contributed by atoms with Crippen molar-refractivity contribution in [3.05, 3.63) is 29.6 Å². The normalized spacial score (nSPS) is 11.9. The molecule has 0 aliphatic heterocycles. The van der Waals surface area contributed by atoms with Gasteiger partial charge < -0.3 is 15.2 Å². The molecule has 1 aromatic rings. The summed E-state index contributed by atoms with van der Waals surface area (Å²) < 4.78 is 18.4. The number of nitrogens with one attached hydrogen (secondary N) is 1. The van der Waals surface area contributed by atoms with Crippen LogP contribution in [0.2, 0.25) is 0 Å². The Kier molecular flexibility index (Phi) is 5.40. The maximum absolute atomic E-state index is 13.2.